The third kappa shape index (κ3) is 1.78. The van der Waals surface area contributed by atoms with Gasteiger partial charge in [-0.1, -0.05) is 22.1 Å². The number of carbonyl (C=O) groups is 4. The molecule has 0 spiro atoms. The first kappa shape index (κ1) is 12.5. The van der Waals surface area contributed by atoms with Crippen LogP contribution in [0.1, 0.15) is 33.6 Å². The quantitative estimate of drug-likeness (QED) is 0.445. The normalized spacial score (nSPS) is 18.2. The molecule has 0 aliphatic carbocycles. The molecule has 2 aliphatic heterocycles. The summed E-state index contributed by atoms with van der Waals surface area (Å²) < 4.78 is 0. The van der Waals surface area contributed by atoms with Crippen molar-refractivity contribution in [1.82, 2.24) is 10.1 Å². The smallest absolute Gasteiger partial charge is 0.272 e. The lowest BCUT2D eigenvalue weighted by molar-refractivity contribution is -0.459. The zero-order valence-corrected chi connectivity index (χ0v) is 10.1. The predicted molar refractivity (Wildman–Crippen MR) is 60.2 cm³/mol. The van der Waals surface area contributed by atoms with Gasteiger partial charge in [-0.15, -0.1) is 10.1 Å². The van der Waals surface area contributed by atoms with E-state index < -0.39 is 23.6 Å². The molecule has 3 rings (SSSR count). The van der Waals surface area contributed by atoms with E-state index in [1.54, 1.807) is 12.1 Å². The second kappa shape index (κ2) is 4.51. The first-order valence-electron chi connectivity index (χ1n) is 5.78. The van der Waals surface area contributed by atoms with Crippen LogP contribution >= 0.6 is 0 Å². The summed E-state index contributed by atoms with van der Waals surface area (Å²) in [5.41, 5.74) is 0.334. The lowest BCUT2D eigenvalue weighted by Crippen LogP contribution is -2.36. The lowest BCUT2D eigenvalue weighted by Gasteiger charge is -2.15. The summed E-state index contributed by atoms with van der Waals surface area (Å²) in [6.45, 7) is 0. The van der Waals surface area contributed by atoms with Crippen LogP contribution in [0.4, 0.5) is 0 Å². The zero-order valence-electron chi connectivity index (χ0n) is 10.1. The number of hydrogen-bond donors (Lipinski definition) is 0. The number of nitrogens with zero attached hydrogens (tertiary/aromatic N) is 2. The van der Waals surface area contributed by atoms with Crippen molar-refractivity contribution >= 4 is 23.6 Å². The van der Waals surface area contributed by atoms with Gasteiger partial charge >= 0.3 is 0 Å². The predicted octanol–water partition coefficient (Wildman–Crippen LogP) is 0.210. The Kier molecular flexibility index (Phi) is 2.81. The highest BCUT2D eigenvalue weighted by Gasteiger charge is 2.39. The Balaban J connectivity index is 1.74. The molecule has 1 fully saturated rings. The molecule has 1 aromatic rings. The van der Waals surface area contributed by atoms with Crippen LogP contribution in [0.25, 0.3) is 0 Å². The zero-order chi connectivity index (χ0) is 14.3. The van der Waals surface area contributed by atoms with Gasteiger partial charge in [-0.3, -0.25) is 19.2 Å². The molecule has 2 aliphatic rings. The molecule has 8 heteroatoms. The van der Waals surface area contributed by atoms with E-state index in [2.05, 4.69) is 9.98 Å². The Bertz CT molecular complexity index is 590. The van der Waals surface area contributed by atoms with E-state index >= 15 is 0 Å². The maximum atomic E-state index is 11.9. The standard InChI is InChI=1S/C12H8N2O6/c15-9-5-6-10(16)13(9)19-20-14-11(17)7-3-1-2-4-8(7)12(14)18/h1-4H,5-6H2. The monoisotopic (exact) mass is 276 g/mol. The van der Waals surface area contributed by atoms with Crippen LogP contribution in [0.2, 0.25) is 0 Å². The Hall–Kier alpha value is -2.58. The maximum Gasteiger partial charge on any atom is 0.288 e. The molecule has 0 bridgehead atoms. The van der Waals surface area contributed by atoms with Crippen molar-refractivity contribution < 1.29 is 29.2 Å². The van der Waals surface area contributed by atoms with Gasteiger partial charge in [0.05, 0.1) is 11.1 Å². The Labute approximate surface area is 112 Å². The van der Waals surface area contributed by atoms with Crippen molar-refractivity contribution in [3.05, 3.63) is 35.4 Å². The summed E-state index contributed by atoms with van der Waals surface area (Å²) >= 11 is 0. The molecule has 2 heterocycles. The van der Waals surface area contributed by atoms with Crippen LogP contribution in [0, 0.1) is 0 Å². The van der Waals surface area contributed by atoms with Crippen molar-refractivity contribution in [3.8, 4) is 0 Å². The number of carbonyl (C=O) groups excluding carboxylic acids is 4. The molecule has 0 saturated carbocycles. The summed E-state index contributed by atoms with van der Waals surface area (Å²) in [6, 6.07) is 6.12. The van der Waals surface area contributed by atoms with Gasteiger partial charge in [0.25, 0.3) is 23.6 Å². The van der Waals surface area contributed by atoms with Gasteiger partial charge in [0, 0.05) is 12.8 Å². The van der Waals surface area contributed by atoms with Gasteiger partial charge in [0.2, 0.25) is 0 Å². The summed E-state index contributed by atoms with van der Waals surface area (Å²) in [4.78, 5) is 55.4. The summed E-state index contributed by atoms with van der Waals surface area (Å²) in [6.07, 6.45) is 0.00856. The van der Waals surface area contributed by atoms with Crippen molar-refractivity contribution in [2.24, 2.45) is 0 Å². The molecule has 0 N–H and O–H groups in total. The highest BCUT2D eigenvalue weighted by molar-refractivity contribution is 6.20. The van der Waals surface area contributed by atoms with E-state index in [1.165, 1.54) is 12.1 Å². The van der Waals surface area contributed by atoms with Crippen LogP contribution < -0.4 is 0 Å². The van der Waals surface area contributed by atoms with Crippen molar-refractivity contribution in [2.75, 3.05) is 0 Å². The summed E-state index contributed by atoms with van der Waals surface area (Å²) in [7, 11) is 0. The molecule has 0 unspecified atom stereocenters. The number of hydrogen-bond acceptors (Lipinski definition) is 6. The number of amides is 4. The number of hydroxylamine groups is 4. The van der Waals surface area contributed by atoms with E-state index in [-0.39, 0.29) is 24.0 Å². The highest BCUT2D eigenvalue weighted by atomic mass is 17.3. The number of imide groups is 2. The SMILES string of the molecule is O=C1CCC(=O)N1OON1C(=O)c2ccccc2C1=O. The van der Waals surface area contributed by atoms with Crippen molar-refractivity contribution in [2.45, 2.75) is 12.8 Å². The van der Waals surface area contributed by atoms with Gasteiger partial charge in [0.15, 0.2) is 0 Å². The van der Waals surface area contributed by atoms with Gasteiger partial charge in [0.1, 0.15) is 0 Å². The fraction of sp³-hybridized carbons (Fsp3) is 0.167. The second-order valence-corrected chi connectivity index (χ2v) is 4.18. The van der Waals surface area contributed by atoms with Crippen LogP contribution in [0.5, 0.6) is 0 Å². The lowest BCUT2D eigenvalue weighted by atomic mass is 10.1. The van der Waals surface area contributed by atoms with Gasteiger partial charge in [-0.05, 0) is 12.1 Å². The minimum atomic E-state index is -0.718. The molecule has 8 nitrogen and oxygen atoms in total. The Morgan fingerprint density at radius 1 is 0.750 bits per heavy atom. The molecule has 0 aromatic heterocycles. The Morgan fingerprint density at radius 3 is 1.70 bits per heavy atom. The van der Waals surface area contributed by atoms with E-state index in [9.17, 15) is 19.2 Å². The van der Waals surface area contributed by atoms with Gasteiger partial charge in [-0.25, -0.2) is 0 Å². The van der Waals surface area contributed by atoms with E-state index in [1.807, 2.05) is 0 Å². The van der Waals surface area contributed by atoms with Crippen LogP contribution in [0.15, 0.2) is 24.3 Å². The van der Waals surface area contributed by atoms with Crippen LogP contribution in [-0.2, 0) is 19.6 Å². The molecular weight excluding hydrogens is 268 g/mol. The molecular formula is C12H8N2O6. The fourth-order valence-corrected chi connectivity index (χ4v) is 1.94. The third-order valence-corrected chi connectivity index (χ3v) is 2.94. The maximum absolute atomic E-state index is 11.9. The molecule has 1 saturated heterocycles. The van der Waals surface area contributed by atoms with E-state index in [0.717, 1.165) is 0 Å². The molecule has 20 heavy (non-hydrogen) atoms. The van der Waals surface area contributed by atoms with E-state index in [0.29, 0.717) is 10.1 Å². The van der Waals surface area contributed by atoms with Crippen molar-refractivity contribution in [1.29, 1.82) is 0 Å². The molecule has 0 radical (unpaired) electrons. The van der Waals surface area contributed by atoms with E-state index in [4.69, 9.17) is 0 Å². The second-order valence-electron chi connectivity index (χ2n) is 4.18. The number of benzene rings is 1. The highest BCUT2D eigenvalue weighted by Crippen LogP contribution is 2.23. The fourth-order valence-electron chi connectivity index (χ4n) is 1.94. The van der Waals surface area contributed by atoms with Crippen LogP contribution in [-0.4, -0.2) is 33.8 Å². The number of rotatable bonds is 3. The molecule has 1 aromatic carbocycles. The molecule has 102 valence electrons. The molecule has 4 amide bonds. The summed E-state index contributed by atoms with van der Waals surface area (Å²) in [5.74, 6) is -2.62. The first-order chi connectivity index (χ1) is 9.59. The average molecular weight is 276 g/mol. The Morgan fingerprint density at radius 2 is 1.20 bits per heavy atom. The summed E-state index contributed by atoms with van der Waals surface area (Å²) in [5, 5.41) is 0.757. The third-order valence-electron chi connectivity index (χ3n) is 2.94. The van der Waals surface area contributed by atoms with Gasteiger partial charge in [-0.2, -0.15) is 0 Å². The number of fused-ring (bicyclic) bond motifs is 1. The minimum Gasteiger partial charge on any atom is -0.272 e. The minimum absolute atomic E-state index is 0.00428. The van der Waals surface area contributed by atoms with Crippen LogP contribution in [0.3, 0.4) is 0 Å². The first-order valence-corrected chi connectivity index (χ1v) is 5.78. The molecule has 0 atom stereocenters. The average Bonchev–Trinajstić information content (AvgIpc) is 2.89. The van der Waals surface area contributed by atoms with Crippen molar-refractivity contribution in [3.63, 3.8) is 0 Å². The largest absolute Gasteiger partial charge is 0.288 e. The topological polar surface area (TPSA) is 93.2 Å². The van der Waals surface area contributed by atoms with Gasteiger partial charge < -0.3 is 0 Å².